The van der Waals surface area contributed by atoms with E-state index in [2.05, 4.69) is 12.0 Å². The lowest BCUT2D eigenvalue weighted by atomic mass is 10.00. The Kier molecular flexibility index (Phi) is 3.69. The van der Waals surface area contributed by atoms with E-state index in [0.29, 0.717) is 12.2 Å². The molecule has 1 aliphatic heterocycles. The molecule has 88 valence electrons. The minimum Gasteiger partial charge on any atom is -0.299 e. The summed E-state index contributed by atoms with van der Waals surface area (Å²) in [5.74, 6) is 2.82. The summed E-state index contributed by atoms with van der Waals surface area (Å²) in [5.41, 5.74) is 2.08. The normalized spacial score (nSPS) is 20.2. The zero-order chi connectivity index (χ0) is 11.5. The monoisotopic (exact) mass is 238 g/mol. The Bertz CT molecular complexity index is 380. The van der Waals surface area contributed by atoms with Crippen LogP contribution in [0.4, 0.5) is 0 Å². The van der Waals surface area contributed by atoms with Gasteiger partial charge in [0.05, 0.1) is 5.69 Å². The molecule has 0 bridgehead atoms. The van der Waals surface area contributed by atoms with Gasteiger partial charge in [0.2, 0.25) is 0 Å². The molecule has 1 aliphatic rings. The number of ketones is 1. The fraction of sp³-hybridized carbons (Fsp3) is 0.667. The van der Waals surface area contributed by atoms with Crippen LogP contribution in [0.15, 0.2) is 6.07 Å². The lowest BCUT2D eigenvalue weighted by Gasteiger charge is -2.08. The van der Waals surface area contributed by atoms with Crippen molar-refractivity contribution in [1.82, 2.24) is 9.78 Å². The number of thioether (sulfide) groups is 1. The summed E-state index contributed by atoms with van der Waals surface area (Å²) in [6, 6.07) is 2.03. The maximum atomic E-state index is 12.0. The maximum Gasteiger partial charge on any atom is 0.142 e. The van der Waals surface area contributed by atoms with E-state index in [-0.39, 0.29) is 5.92 Å². The molecule has 1 fully saturated rings. The summed E-state index contributed by atoms with van der Waals surface area (Å²) in [5, 5.41) is 4.37. The van der Waals surface area contributed by atoms with Gasteiger partial charge < -0.3 is 0 Å². The van der Waals surface area contributed by atoms with Crippen molar-refractivity contribution < 1.29 is 4.79 Å². The van der Waals surface area contributed by atoms with Crippen LogP contribution >= 0.6 is 11.8 Å². The van der Waals surface area contributed by atoms with Gasteiger partial charge in [0.25, 0.3) is 0 Å². The van der Waals surface area contributed by atoms with Crippen LogP contribution in [0.1, 0.15) is 24.7 Å². The smallest absolute Gasteiger partial charge is 0.142 e. The average Bonchev–Trinajstić information content (AvgIpc) is 2.87. The molecule has 4 heteroatoms. The minimum atomic E-state index is 0.283. The first kappa shape index (κ1) is 11.7. The Morgan fingerprint density at radius 3 is 3.12 bits per heavy atom. The number of aromatic nitrogens is 2. The molecule has 1 atom stereocenters. The number of rotatable bonds is 4. The van der Waals surface area contributed by atoms with Crippen LogP contribution in [-0.2, 0) is 17.8 Å². The number of aryl methyl sites for hydroxylation is 2. The van der Waals surface area contributed by atoms with Gasteiger partial charge in [-0.25, -0.2) is 0 Å². The van der Waals surface area contributed by atoms with E-state index in [1.54, 1.807) is 0 Å². The molecule has 0 radical (unpaired) electrons. The molecule has 3 nitrogen and oxygen atoms in total. The van der Waals surface area contributed by atoms with E-state index < -0.39 is 0 Å². The molecular formula is C12H18N2OS. The van der Waals surface area contributed by atoms with Crippen molar-refractivity contribution in [2.45, 2.75) is 33.2 Å². The van der Waals surface area contributed by atoms with Crippen LogP contribution in [0.2, 0.25) is 0 Å². The molecule has 1 saturated heterocycles. The zero-order valence-corrected chi connectivity index (χ0v) is 10.7. The molecular weight excluding hydrogens is 220 g/mol. The number of hydrogen-bond donors (Lipinski definition) is 0. The third-order valence-corrected chi connectivity index (χ3v) is 4.19. The van der Waals surface area contributed by atoms with Gasteiger partial charge in [-0.15, -0.1) is 0 Å². The third-order valence-electron chi connectivity index (χ3n) is 3.03. The molecule has 1 aromatic rings. The lowest BCUT2D eigenvalue weighted by Crippen LogP contribution is -2.18. The largest absolute Gasteiger partial charge is 0.299 e. The van der Waals surface area contributed by atoms with E-state index in [1.807, 2.05) is 29.4 Å². The molecule has 1 aromatic heterocycles. The van der Waals surface area contributed by atoms with Gasteiger partial charge in [0, 0.05) is 30.3 Å². The minimum absolute atomic E-state index is 0.283. The number of nitrogens with zero attached hydrogens (tertiary/aromatic N) is 2. The quantitative estimate of drug-likeness (QED) is 0.805. The van der Waals surface area contributed by atoms with Crippen molar-refractivity contribution in [2.75, 3.05) is 11.5 Å². The van der Waals surface area contributed by atoms with Crippen LogP contribution in [-0.4, -0.2) is 27.1 Å². The number of carbonyl (C=O) groups excluding carboxylic acids is 1. The zero-order valence-electron chi connectivity index (χ0n) is 9.90. The molecule has 2 heterocycles. The Morgan fingerprint density at radius 2 is 2.50 bits per heavy atom. The van der Waals surface area contributed by atoms with Crippen molar-refractivity contribution in [1.29, 1.82) is 0 Å². The molecule has 16 heavy (non-hydrogen) atoms. The summed E-state index contributed by atoms with van der Waals surface area (Å²) >= 11 is 1.89. The summed E-state index contributed by atoms with van der Waals surface area (Å²) in [6.07, 6.45) is 1.61. The summed E-state index contributed by atoms with van der Waals surface area (Å²) in [4.78, 5) is 12.0. The number of Topliss-reactive ketones (excluding diaryl/α,β-unsaturated/α-hetero) is 1. The standard InChI is InChI=1S/C12H18N2OS/c1-3-14-11(6-9(2)13-14)7-12(15)10-4-5-16-8-10/h6,10H,3-5,7-8H2,1-2H3. The first-order chi connectivity index (χ1) is 7.70. The van der Waals surface area contributed by atoms with Crippen molar-refractivity contribution in [3.8, 4) is 0 Å². The van der Waals surface area contributed by atoms with Gasteiger partial charge >= 0.3 is 0 Å². The van der Waals surface area contributed by atoms with E-state index in [9.17, 15) is 4.79 Å². The van der Waals surface area contributed by atoms with Crippen LogP contribution in [0.25, 0.3) is 0 Å². The molecule has 0 saturated carbocycles. The predicted octanol–water partition coefficient (Wildman–Crippen LogP) is 2.08. The SMILES string of the molecule is CCn1nc(C)cc1CC(=O)C1CCSC1. The molecule has 0 spiro atoms. The van der Waals surface area contributed by atoms with Crippen molar-refractivity contribution in [2.24, 2.45) is 5.92 Å². The van der Waals surface area contributed by atoms with Crippen LogP contribution in [0.3, 0.4) is 0 Å². The van der Waals surface area contributed by atoms with Crippen LogP contribution in [0.5, 0.6) is 0 Å². The van der Waals surface area contributed by atoms with Crippen LogP contribution < -0.4 is 0 Å². The third kappa shape index (κ3) is 2.48. The van der Waals surface area contributed by atoms with Crippen LogP contribution in [0, 0.1) is 12.8 Å². The summed E-state index contributed by atoms with van der Waals surface area (Å²) in [7, 11) is 0. The molecule has 1 unspecified atom stereocenters. The Hall–Kier alpha value is -0.770. The lowest BCUT2D eigenvalue weighted by molar-refractivity contribution is -0.121. The van der Waals surface area contributed by atoms with E-state index in [0.717, 1.165) is 35.9 Å². The first-order valence-corrected chi connectivity index (χ1v) is 7.00. The molecule has 2 rings (SSSR count). The Labute approximate surface area is 101 Å². The van der Waals surface area contributed by atoms with Gasteiger partial charge in [-0.3, -0.25) is 9.48 Å². The highest BCUT2D eigenvalue weighted by Gasteiger charge is 2.24. The molecule has 0 amide bonds. The van der Waals surface area contributed by atoms with E-state index in [4.69, 9.17) is 0 Å². The number of carbonyl (C=O) groups is 1. The topological polar surface area (TPSA) is 34.9 Å². The van der Waals surface area contributed by atoms with E-state index >= 15 is 0 Å². The second-order valence-electron chi connectivity index (χ2n) is 4.30. The van der Waals surface area contributed by atoms with Crippen molar-refractivity contribution >= 4 is 17.5 Å². The highest BCUT2D eigenvalue weighted by atomic mass is 32.2. The van der Waals surface area contributed by atoms with Crippen molar-refractivity contribution in [3.05, 3.63) is 17.5 Å². The fourth-order valence-corrected chi connectivity index (χ4v) is 3.38. The summed E-state index contributed by atoms with van der Waals surface area (Å²) < 4.78 is 1.94. The second-order valence-corrected chi connectivity index (χ2v) is 5.45. The first-order valence-electron chi connectivity index (χ1n) is 5.84. The highest BCUT2D eigenvalue weighted by molar-refractivity contribution is 7.99. The predicted molar refractivity (Wildman–Crippen MR) is 66.8 cm³/mol. The van der Waals surface area contributed by atoms with Gasteiger partial charge in [0.1, 0.15) is 5.78 Å². The second kappa shape index (κ2) is 5.04. The fourth-order valence-electron chi connectivity index (χ4n) is 2.13. The Morgan fingerprint density at radius 1 is 1.69 bits per heavy atom. The van der Waals surface area contributed by atoms with Crippen molar-refractivity contribution in [3.63, 3.8) is 0 Å². The van der Waals surface area contributed by atoms with Gasteiger partial charge in [-0.2, -0.15) is 16.9 Å². The molecule has 0 N–H and O–H groups in total. The Balaban J connectivity index is 2.04. The maximum absolute atomic E-state index is 12.0. The molecule has 0 aromatic carbocycles. The molecule has 0 aliphatic carbocycles. The number of hydrogen-bond acceptors (Lipinski definition) is 3. The van der Waals surface area contributed by atoms with Gasteiger partial charge in [0.15, 0.2) is 0 Å². The van der Waals surface area contributed by atoms with Gasteiger partial charge in [-0.1, -0.05) is 0 Å². The van der Waals surface area contributed by atoms with Gasteiger partial charge in [-0.05, 0) is 32.1 Å². The highest BCUT2D eigenvalue weighted by Crippen LogP contribution is 2.25. The summed E-state index contributed by atoms with van der Waals surface area (Å²) in [6.45, 7) is 4.88. The van der Waals surface area contributed by atoms with E-state index in [1.165, 1.54) is 0 Å². The average molecular weight is 238 g/mol.